The predicted molar refractivity (Wildman–Crippen MR) is 112 cm³/mol. The first kappa shape index (κ1) is 23.6. The number of Topliss-reactive ketones (excluding diaryl/α,β-unsaturated/α-hetero) is 2. The first-order valence-electron chi connectivity index (χ1n) is 8.58. The van der Waals surface area contributed by atoms with Gasteiger partial charge in [-0.05, 0) is 30.7 Å². The highest BCUT2D eigenvalue weighted by molar-refractivity contribution is 9.06. The van der Waals surface area contributed by atoms with Gasteiger partial charge in [0.2, 0.25) is 0 Å². The molecule has 0 amide bonds. The summed E-state index contributed by atoms with van der Waals surface area (Å²) in [5.74, 6) is -6.89. The number of halogens is 2. The van der Waals surface area contributed by atoms with Crippen molar-refractivity contribution in [3.8, 4) is 11.5 Å². The van der Waals surface area contributed by atoms with E-state index < -0.39 is 48.2 Å². The fourth-order valence-corrected chi connectivity index (χ4v) is 3.55. The Morgan fingerprint density at radius 2 is 1.27 bits per heavy atom. The molecule has 0 saturated carbocycles. The summed E-state index contributed by atoms with van der Waals surface area (Å²) in [5, 5.41) is 18.9. The number of carbonyl (C=O) groups is 4. The van der Waals surface area contributed by atoms with Crippen molar-refractivity contribution in [3.63, 3.8) is 0 Å². The summed E-state index contributed by atoms with van der Waals surface area (Å²) < 4.78 is 9.89. The number of carbonyl (C=O) groups excluding carboxylic acids is 2. The van der Waals surface area contributed by atoms with Crippen LogP contribution >= 0.6 is 32.5 Å². The first-order valence-corrected chi connectivity index (χ1v) is 9.87. The minimum Gasteiger partial charge on any atom is -0.481 e. The van der Waals surface area contributed by atoms with Gasteiger partial charge in [0.25, 0.3) is 0 Å². The number of para-hydroxylation sites is 2. The van der Waals surface area contributed by atoms with Crippen molar-refractivity contribution in [2.24, 2.45) is 11.8 Å². The molecule has 158 valence electrons. The van der Waals surface area contributed by atoms with E-state index in [-0.39, 0.29) is 22.6 Å². The summed E-state index contributed by atoms with van der Waals surface area (Å²) >= 11 is 5.55. The molecule has 10 heteroatoms. The van der Waals surface area contributed by atoms with Gasteiger partial charge in [0, 0.05) is 5.92 Å². The van der Waals surface area contributed by atoms with Crippen LogP contribution in [0.1, 0.15) is 33.6 Å². The smallest absolute Gasteiger partial charge is 0.314 e. The van der Waals surface area contributed by atoms with Crippen LogP contribution < -0.4 is 7.66 Å². The van der Waals surface area contributed by atoms with E-state index in [9.17, 15) is 29.4 Å². The lowest BCUT2D eigenvalue weighted by Gasteiger charge is -2.19. The maximum absolute atomic E-state index is 13.0. The van der Waals surface area contributed by atoms with Gasteiger partial charge in [0.05, 0.1) is 17.5 Å². The normalized spacial score (nSPS) is 12.5. The standard InChI is InChI=1S/C20H16Br2O8/c21-29-15-7-3-1-5-12(15)18(25)11(10-17(23)24)9-14(20(27)28)19(26)13-6-2-4-8-16(13)30-22/h1-8,11,14H,9-10H2,(H,23,24)(H,27,28). The molecule has 2 N–H and O–H groups in total. The minimum absolute atomic E-state index is 0.00695. The maximum atomic E-state index is 13.0. The molecular weight excluding hydrogens is 528 g/mol. The van der Waals surface area contributed by atoms with E-state index in [2.05, 4.69) is 32.5 Å². The van der Waals surface area contributed by atoms with Crippen LogP contribution in [0.3, 0.4) is 0 Å². The summed E-state index contributed by atoms with van der Waals surface area (Å²) in [6, 6.07) is 12.1. The van der Waals surface area contributed by atoms with Gasteiger partial charge in [0.15, 0.2) is 44.1 Å². The average molecular weight is 544 g/mol. The van der Waals surface area contributed by atoms with Crippen molar-refractivity contribution < 1.29 is 37.0 Å². The third-order valence-corrected chi connectivity index (χ3v) is 5.10. The van der Waals surface area contributed by atoms with Gasteiger partial charge >= 0.3 is 11.9 Å². The third-order valence-electron chi connectivity index (χ3n) is 4.40. The SMILES string of the molecule is O=C(O)CC(CC(C(=O)O)C(=O)c1ccccc1OBr)C(=O)c1ccccc1OBr. The predicted octanol–water partition coefficient (Wildman–Crippen LogP) is 4.31. The molecular formula is C20H16Br2O8. The lowest BCUT2D eigenvalue weighted by atomic mass is 9.82. The molecule has 0 aliphatic heterocycles. The van der Waals surface area contributed by atoms with Crippen LogP contribution in [-0.2, 0) is 9.59 Å². The van der Waals surface area contributed by atoms with E-state index in [1.165, 1.54) is 30.3 Å². The zero-order chi connectivity index (χ0) is 22.3. The number of carboxylic acid groups (broad SMARTS) is 2. The van der Waals surface area contributed by atoms with E-state index in [1.807, 2.05) is 0 Å². The van der Waals surface area contributed by atoms with E-state index >= 15 is 0 Å². The molecule has 30 heavy (non-hydrogen) atoms. The Kier molecular flexibility index (Phi) is 8.55. The Bertz CT molecular complexity index is 959. The van der Waals surface area contributed by atoms with Crippen molar-refractivity contribution in [2.45, 2.75) is 12.8 Å². The summed E-state index contributed by atoms with van der Waals surface area (Å²) in [4.78, 5) is 49.1. The van der Waals surface area contributed by atoms with Crippen LogP contribution in [-0.4, -0.2) is 33.7 Å². The van der Waals surface area contributed by atoms with Crippen LogP contribution in [0.15, 0.2) is 48.5 Å². The number of carboxylic acids is 2. The summed E-state index contributed by atoms with van der Waals surface area (Å²) in [6.07, 6.45) is -1.16. The van der Waals surface area contributed by atoms with Gasteiger partial charge < -0.3 is 17.9 Å². The zero-order valence-electron chi connectivity index (χ0n) is 15.3. The lowest BCUT2D eigenvalue weighted by molar-refractivity contribution is -0.142. The largest absolute Gasteiger partial charge is 0.481 e. The second-order valence-corrected chi connectivity index (χ2v) is 6.94. The molecule has 0 radical (unpaired) electrons. The summed E-state index contributed by atoms with van der Waals surface area (Å²) in [6.45, 7) is 0. The molecule has 0 aliphatic carbocycles. The minimum atomic E-state index is -1.65. The third kappa shape index (κ3) is 5.67. The van der Waals surface area contributed by atoms with Crippen LogP contribution in [0.5, 0.6) is 11.5 Å². The average Bonchev–Trinajstić information content (AvgIpc) is 2.74. The van der Waals surface area contributed by atoms with Crippen LogP contribution in [0.2, 0.25) is 0 Å². The molecule has 0 aliphatic rings. The molecule has 2 atom stereocenters. The molecule has 0 bridgehead atoms. The molecule has 2 aromatic rings. The number of benzene rings is 2. The van der Waals surface area contributed by atoms with Crippen molar-refractivity contribution in [2.75, 3.05) is 0 Å². The van der Waals surface area contributed by atoms with Crippen molar-refractivity contribution >= 4 is 56.0 Å². The molecule has 0 aromatic heterocycles. The van der Waals surface area contributed by atoms with E-state index in [0.717, 1.165) is 0 Å². The van der Waals surface area contributed by atoms with E-state index in [4.69, 9.17) is 7.66 Å². The van der Waals surface area contributed by atoms with Crippen LogP contribution in [0.25, 0.3) is 0 Å². The Hall–Kier alpha value is -2.72. The van der Waals surface area contributed by atoms with Crippen molar-refractivity contribution in [3.05, 3.63) is 59.7 Å². The summed E-state index contributed by atoms with van der Waals surface area (Å²) in [7, 11) is 0. The number of rotatable bonds is 11. The Balaban J connectivity index is 2.40. The van der Waals surface area contributed by atoms with Gasteiger partial charge in [-0.15, -0.1) is 0 Å². The van der Waals surface area contributed by atoms with Crippen LogP contribution in [0, 0.1) is 11.8 Å². The number of hydrogen-bond acceptors (Lipinski definition) is 6. The zero-order valence-corrected chi connectivity index (χ0v) is 18.5. The topological polar surface area (TPSA) is 127 Å². The monoisotopic (exact) mass is 542 g/mol. The molecule has 8 nitrogen and oxygen atoms in total. The molecule has 0 spiro atoms. The first-order chi connectivity index (χ1) is 14.3. The van der Waals surface area contributed by atoms with E-state index in [0.29, 0.717) is 0 Å². The Labute approximate surface area is 188 Å². The second kappa shape index (κ2) is 10.9. The molecule has 0 saturated heterocycles. The number of ketones is 2. The highest BCUT2D eigenvalue weighted by Gasteiger charge is 2.36. The van der Waals surface area contributed by atoms with Gasteiger partial charge in [0.1, 0.15) is 17.4 Å². The fraction of sp³-hybridized carbons (Fsp3) is 0.200. The fourth-order valence-electron chi connectivity index (χ4n) is 2.98. The quantitative estimate of drug-likeness (QED) is 0.317. The molecule has 2 unspecified atom stereocenters. The highest BCUT2D eigenvalue weighted by Crippen LogP contribution is 2.30. The molecule has 0 fully saturated rings. The van der Waals surface area contributed by atoms with Gasteiger partial charge in [-0.1, -0.05) is 24.3 Å². The van der Waals surface area contributed by atoms with Crippen molar-refractivity contribution in [1.82, 2.24) is 0 Å². The maximum Gasteiger partial charge on any atom is 0.314 e. The Morgan fingerprint density at radius 3 is 1.70 bits per heavy atom. The molecule has 2 aromatic carbocycles. The molecule has 0 heterocycles. The number of hydrogen-bond donors (Lipinski definition) is 2. The van der Waals surface area contributed by atoms with Gasteiger partial charge in [-0.2, -0.15) is 0 Å². The summed E-state index contributed by atoms with van der Waals surface area (Å²) in [5.41, 5.74) is 0.0638. The van der Waals surface area contributed by atoms with Crippen LogP contribution in [0.4, 0.5) is 0 Å². The Morgan fingerprint density at radius 1 is 0.800 bits per heavy atom. The van der Waals surface area contributed by atoms with E-state index in [1.54, 1.807) is 18.2 Å². The number of aliphatic carboxylic acids is 2. The van der Waals surface area contributed by atoms with Crippen molar-refractivity contribution in [1.29, 1.82) is 0 Å². The van der Waals surface area contributed by atoms with Gasteiger partial charge in [-0.25, -0.2) is 0 Å². The molecule has 2 rings (SSSR count). The lowest BCUT2D eigenvalue weighted by Crippen LogP contribution is -2.30. The second-order valence-electron chi connectivity index (χ2n) is 6.30. The van der Waals surface area contributed by atoms with Gasteiger partial charge in [-0.3, -0.25) is 19.2 Å². The highest BCUT2D eigenvalue weighted by atomic mass is 79.9.